The van der Waals surface area contributed by atoms with Crippen molar-refractivity contribution in [3.63, 3.8) is 0 Å². The first kappa shape index (κ1) is 15.0. The fourth-order valence-corrected chi connectivity index (χ4v) is 2.51. The number of nitrogen functional groups attached to an aromatic ring is 1. The van der Waals surface area contributed by atoms with Gasteiger partial charge in [-0.15, -0.1) is 0 Å². The minimum atomic E-state index is -0.179. The molecule has 7 heteroatoms. The summed E-state index contributed by atoms with van der Waals surface area (Å²) in [6, 6.07) is 1.65. The minimum absolute atomic E-state index is 0.0949. The summed E-state index contributed by atoms with van der Waals surface area (Å²) in [5.41, 5.74) is 2.79. The number of hydrogen-bond donors (Lipinski definition) is 3. The summed E-state index contributed by atoms with van der Waals surface area (Å²) < 4.78 is 5.32. The molecule has 1 aromatic heterocycles. The quantitative estimate of drug-likeness (QED) is 0.580. The summed E-state index contributed by atoms with van der Waals surface area (Å²) in [4.78, 5) is 16.1. The highest BCUT2D eigenvalue weighted by molar-refractivity contribution is 6.33. The van der Waals surface area contributed by atoms with E-state index in [4.69, 9.17) is 22.2 Å². The SMILES string of the molecule is CC(NC(=O)c1cnc(NN)c(Cl)c1)C1CCOCC1. The van der Waals surface area contributed by atoms with E-state index in [1.54, 1.807) is 6.07 Å². The predicted molar refractivity (Wildman–Crippen MR) is 77.5 cm³/mol. The number of carbonyl (C=O) groups excluding carboxylic acids is 1. The number of aromatic nitrogens is 1. The van der Waals surface area contributed by atoms with Crippen LogP contribution in [-0.2, 0) is 4.74 Å². The second-order valence-electron chi connectivity index (χ2n) is 4.91. The number of rotatable bonds is 4. The number of ether oxygens (including phenoxy) is 1. The molecule has 110 valence electrons. The topological polar surface area (TPSA) is 89.3 Å². The van der Waals surface area contributed by atoms with Gasteiger partial charge in [0.15, 0.2) is 5.82 Å². The third-order valence-electron chi connectivity index (χ3n) is 3.57. The van der Waals surface area contributed by atoms with Crippen molar-refractivity contribution in [1.82, 2.24) is 10.3 Å². The lowest BCUT2D eigenvalue weighted by Gasteiger charge is -2.28. The molecule has 6 nitrogen and oxygen atoms in total. The second-order valence-corrected chi connectivity index (χ2v) is 5.32. The molecule has 1 unspecified atom stereocenters. The highest BCUT2D eigenvalue weighted by atomic mass is 35.5. The monoisotopic (exact) mass is 298 g/mol. The molecule has 0 aliphatic carbocycles. The summed E-state index contributed by atoms with van der Waals surface area (Å²) in [5, 5.41) is 3.30. The number of amides is 1. The van der Waals surface area contributed by atoms with Crippen molar-refractivity contribution in [1.29, 1.82) is 0 Å². The van der Waals surface area contributed by atoms with E-state index in [0.29, 0.717) is 22.3 Å². The Hall–Kier alpha value is -1.37. The maximum atomic E-state index is 12.2. The Morgan fingerprint density at radius 1 is 1.55 bits per heavy atom. The molecule has 0 bridgehead atoms. The minimum Gasteiger partial charge on any atom is -0.381 e. The highest BCUT2D eigenvalue weighted by Gasteiger charge is 2.22. The van der Waals surface area contributed by atoms with Crippen LogP contribution in [0.25, 0.3) is 0 Å². The van der Waals surface area contributed by atoms with Crippen molar-refractivity contribution < 1.29 is 9.53 Å². The van der Waals surface area contributed by atoms with E-state index >= 15 is 0 Å². The van der Waals surface area contributed by atoms with Gasteiger partial charge < -0.3 is 15.5 Å². The average molecular weight is 299 g/mol. The Morgan fingerprint density at radius 3 is 2.85 bits per heavy atom. The summed E-state index contributed by atoms with van der Waals surface area (Å²) >= 11 is 5.96. The molecular formula is C13H19ClN4O2. The maximum absolute atomic E-state index is 12.2. The Kier molecular flexibility index (Phi) is 5.17. The Bertz CT molecular complexity index is 477. The van der Waals surface area contributed by atoms with Gasteiger partial charge in [-0.25, -0.2) is 10.8 Å². The molecule has 2 rings (SSSR count). The first-order valence-corrected chi connectivity index (χ1v) is 7.00. The zero-order chi connectivity index (χ0) is 14.5. The van der Waals surface area contributed by atoms with Gasteiger partial charge in [-0.3, -0.25) is 4.79 Å². The van der Waals surface area contributed by atoms with Gasteiger partial charge in [-0.2, -0.15) is 0 Å². The van der Waals surface area contributed by atoms with Crippen molar-refractivity contribution in [3.05, 3.63) is 22.8 Å². The van der Waals surface area contributed by atoms with Crippen LogP contribution in [0.1, 0.15) is 30.1 Å². The van der Waals surface area contributed by atoms with Crippen LogP contribution < -0.4 is 16.6 Å². The lowest BCUT2D eigenvalue weighted by molar-refractivity contribution is 0.0538. The Morgan fingerprint density at radius 2 is 2.25 bits per heavy atom. The molecule has 1 saturated heterocycles. The predicted octanol–water partition coefficient (Wildman–Crippen LogP) is 1.57. The zero-order valence-corrected chi connectivity index (χ0v) is 12.1. The number of hydrogen-bond acceptors (Lipinski definition) is 5. The van der Waals surface area contributed by atoms with Crippen molar-refractivity contribution in [2.24, 2.45) is 11.8 Å². The van der Waals surface area contributed by atoms with Gasteiger partial charge in [-0.1, -0.05) is 11.6 Å². The summed E-state index contributed by atoms with van der Waals surface area (Å²) in [6.07, 6.45) is 3.39. The number of anilines is 1. The van der Waals surface area contributed by atoms with Crippen LogP contribution in [0.4, 0.5) is 5.82 Å². The highest BCUT2D eigenvalue weighted by Crippen LogP contribution is 2.21. The standard InChI is InChI=1S/C13H19ClN4O2/c1-8(9-2-4-20-5-3-9)17-13(19)10-6-11(14)12(18-15)16-7-10/h6-9H,2-5,15H2,1H3,(H,16,18)(H,17,19). The number of pyridine rings is 1. The molecule has 1 aliphatic heterocycles. The van der Waals surface area contributed by atoms with E-state index in [2.05, 4.69) is 15.7 Å². The normalized spacial score (nSPS) is 17.6. The van der Waals surface area contributed by atoms with Crippen molar-refractivity contribution >= 4 is 23.3 Å². The van der Waals surface area contributed by atoms with Gasteiger partial charge >= 0.3 is 0 Å². The molecular weight excluding hydrogens is 280 g/mol. The van der Waals surface area contributed by atoms with Crippen LogP contribution in [0.5, 0.6) is 0 Å². The molecule has 0 aromatic carbocycles. The number of hydrazine groups is 1. The number of halogens is 1. The fourth-order valence-electron chi connectivity index (χ4n) is 2.29. The van der Waals surface area contributed by atoms with Crippen molar-refractivity contribution in [2.75, 3.05) is 18.6 Å². The van der Waals surface area contributed by atoms with Crippen LogP contribution >= 0.6 is 11.6 Å². The molecule has 4 N–H and O–H groups in total. The fraction of sp³-hybridized carbons (Fsp3) is 0.538. The van der Waals surface area contributed by atoms with E-state index in [0.717, 1.165) is 26.1 Å². The largest absolute Gasteiger partial charge is 0.381 e. The smallest absolute Gasteiger partial charge is 0.253 e. The van der Waals surface area contributed by atoms with Gasteiger partial charge in [0.05, 0.1) is 10.6 Å². The second kappa shape index (κ2) is 6.88. The van der Waals surface area contributed by atoms with Gasteiger partial charge in [0.1, 0.15) is 0 Å². The van der Waals surface area contributed by atoms with Crippen LogP contribution in [0.2, 0.25) is 5.02 Å². The van der Waals surface area contributed by atoms with E-state index in [1.807, 2.05) is 6.92 Å². The van der Waals surface area contributed by atoms with Crippen molar-refractivity contribution in [3.8, 4) is 0 Å². The lowest BCUT2D eigenvalue weighted by atomic mass is 9.93. The molecule has 20 heavy (non-hydrogen) atoms. The molecule has 0 saturated carbocycles. The number of nitrogens with zero attached hydrogens (tertiary/aromatic N) is 1. The number of nitrogens with two attached hydrogens (primary N) is 1. The first-order valence-electron chi connectivity index (χ1n) is 6.62. The summed E-state index contributed by atoms with van der Waals surface area (Å²) in [6.45, 7) is 3.53. The van der Waals surface area contributed by atoms with E-state index in [9.17, 15) is 4.79 Å². The summed E-state index contributed by atoms with van der Waals surface area (Å²) in [5.74, 6) is 5.86. The molecule has 1 atom stereocenters. The number of carbonyl (C=O) groups is 1. The van der Waals surface area contributed by atoms with Gasteiger partial charge in [0, 0.05) is 25.5 Å². The third kappa shape index (κ3) is 3.59. The van der Waals surface area contributed by atoms with Crippen molar-refractivity contribution in [2.45, 2.75) is 25.8 Å². The zero-order valence-electron chi connectivity index (χ0n) is 11.4. The molecule has 1 aromatic rings. The van der Waals surface area contributed by atoms with Gasteiger partial charge in [0.25, 0.3) is 5.91 Å². The Labute approximate surface area is 123 Å². The van der Waals surface area contributed by atoms with E-state index < -0.39 is 0 Å². The molecule has 0 radical (unpaired) electrons. The summed E-state index contributed by atoms with van der Waals surface area (Å²) in [7, 11) is 0. The third-order valence-corrected chi connectivity index (χ3v) is 3.86. The molecule has 2 heterocycles. The van der Waals surface area contributed by atoms with Gasteiger partial charge in [-0.05, 0) is 31.7 Å². The lowest BCUT2D eigenvalue weighted by Crippen LogP contribution is -2.40. The number of nitrogens with one attached hydrogen (secondary N) is 2. The Balaban J connectivity index is 1.98. The van der Waals surface area contributed by atoms with E-state index in [-0.39, 0.29) is 11.9 Å². The van der Waals surface area contributed by atoms with Crippen LogP contribution in [0.3, 0.4) is 0 Å². The molecule has 1 aliphatic rings. The maximum Gasteiger partial charge on any atom is 0.253 e. The first-order chi connectivity index (χ1) is 9.61. The molecule has 1 amide bonds. The van der Waals surface area contributed by atoms with Gasteiger partial charge in [0.2, 0.25) is 0 Å². The average Bonchev–Trinajstić information content (AvgIpc) is 2.48. The molecule has 1 fully saturated rings. The molecule has 0 spiro atoms. The van der Waals surface area contributed by atoms with Crippen LogP contribution in [0, 0.1) is 5.92 Å². The van der Waals surface area contributed by atoms with Crippen LogP contribution in [0.15, 0.2) is 12.3 Å². The van der Waals surface area contributed by atoms with Crippen LogP contribution in [-0.4, -0.2) is 30.1 Å². The van der Waals surface area contributed by atoms with E-state index in [1.165, 1.54) is 6.20 Å².